The van der Waals surface area contributed by atoms with Crippen molar-refractivity contribution in [3.8, 4) is 17.2 Å². The normalized spacial score (nSPS) is 9.90. The van der Waals surface area contributed by atoms with Crippen molar-refractivity contribution >= 4 is 11.7 Å². The van der Waals surface area contributed by atoms with E-state index in [0.29, 0.717) is 0 Å². The zero-order valence-corrected chi connectivity index (χ0v) is 10.4. The molecule has 0 aliphatic carbocycles. The molecule has 0 aliphatic heterocycles. The second-order valence-electron chi connectivity index (χ2n) is 4.17. The predicted octanol–water partition coefficient (Wildman–Crippen LogP) is 2.97. The van der Waals surface area contributed by atoms with Gasteiger partial charge in [0.25, 0.3) is 5.69 Å². The summed E-state index contributed by atoms with van der Waals surface area (Å²) in [6, 6.07) is 8.40. The topological polar surface area (TPSA) is 104 Å². The van der Waals surface area contributed by atoms with Crippen molar-refractivity contribution in [3.63, 3.8) is 0 Å². The molecule has 0 heterocycles. The molecule has 0 amide bonds. The van der Waals surface area contributed by atoms with E-state index in [1.807, 2.05) is 0 Å². The Balaban J connectivity index is 2.68. The van der Waals surface area contributed by atoms with E-state index in [4.69, 9.17) is 10.4 Å². The number of carbonyl (C=O) groups is 1. The van der Waals surface area contributed by atoms with Gasteiger partial charge in [0, 0.05) is 12.1 Å². The van der Waals surface area contributed by atoms with Crippen LogP contribution in [0.3, 0.4) is 0 Å². The summed E-state index contributed by atoms with van der Waals surface area (Å²) in [6.45, 7) is 0. The van der Waals surface area contributed by atoms with Gasteiger partial charge in [0.15, 0.2) is 0 Å². The quantitative estimate of drug-likeness (QED) is 0.689. The van der Waals surface area contributed by atoms with Crippen LogP contribution in [0.2, 0.25) is 0 Å². The standard InChI is InChI=1S/C14H7FN2O4/c15-12-2-8(7-16)1-9(4-12)10-3-11(14(18)19)6-13(5-10)17(20)21/h1-6H,(H,18,19). The van der Waals surface area contributed by atoms with Crippen LogP contribution in [0.4, 0.5) is 10.1 Å². The molecule has 0 bridgehead atoms. The van der Waals surface area contributed by atoms with Crippen LogP contribution in [-0.4, -0.2) is 16.0 Å². The molecule has 6 nitrogen and oxygen atoms in total. The largest absolute Gasteiger partial charge is 0.478 e. The monoisotopic (exact) mass is 286 g/mol. The van der Waals surface area contributed by atoms with Gasteiger partial charge < -0.3 is 5.11 Å². The second-order valence-corrected chi connectivity index (χ2v) is 4.17. The maximum Gasteiger partial charge on any atom is 0.335 e. The van der Waals surface area contributed by atoms with Gasteiger partial charge in [-0.15, -0.1) is 0 Å². The van der Waals surface area contributed by atoms with E-state index in [2.05, 4.69) is 0 Å². The first-order valence-corrected chi connectivity index (χ1v) is 5.64. The Hall–Kier alpha value is -3.27. The number of nitrogens with zero attached hydrogens (tertiary/aromatic N) is 2. The van der Waals surface area contributed by atoms with Crippen LogP contribution >= 0.6 is 0 Å². The molecule has 0 saturated heterocycles. The minimum atomic E-state index is -1.34. The van der Waals surface area contributed by atoms with E-state index >= 15 is 0 Å². The molecule has 0 radical (unpaired) electrons. The molecule has 0 unspecified atom stereocenters. The summed E-state index contributed by atoms with van der Waals surface area (Å²) in [5, 5.41) is 28.6. The van der Waals surface area contributed by atoms with E-state index < -0.39 is 22.4 Å². The molecular weight excluding hydrogens is 279 g/mol. The molecule has 0 spiro atoms. The number of nitriles is 1. The highest BCUT2D eigenvalue weighted by Crippen LogP contribution is 2.27. The first-order valence-electron chi connectivity index (χ1n) is 5.64. The number of benzene rings is 2. The summed E-state index contributed by atoms with van der Waals surface area (Å²) in [5.74, 6) is -2.02. The number of aromatic carboxylic acids is 1. The van der Waals surface area contributed by atoms with E-state index in [1.54, 1.807) is 6.07 Å². The first-order chi connectivity index (χ1) is 9.90. The average Bonchev–Trinajstić information content (AvgIpc) is 2.45. The fraction of sp³-hybridized carbons (Fsp3) is 0. The number of nitro benzene ring substituents is 1. The van der Waals surface area contributed by atoms with E-state index in [0.717, 1.165) is 24.3 Å². The highest BCUT2D eigenvalue weighted by atomic mass is 19.1. The van der Waals surface area contributed by atoms with Gasteiger partial charge in [-0.25, -0.2) is 9.18 Å². The Bertz CT molecular complexity index is 764. The van der Waals surface area contributed by atoms with Crippen LogP contribution in [0.25, 0.3) is 11.1 Å². The molecule has 7 heteroatoms. The maximum atomic E-state index is 13.4. The fourth-order valence-corrected chi connectivity index (χ4v) is 1.83. The Morgan fingerprint density at radius 1 is 1.19 bits per heavy atom. The first kappa shape index (κ1) is 14.1. The van der Waals surface area contributed by atoms with Gasteiger partial charge in [0.05, 0.1) is 22.1 Å². The van der Waals surface area contributed by atoms with Crippen molar-refractivity contribution in [2.75, 3.05) is 0 Å². The Morgan fingerprint density at radius 2 is 1.86 bits per heavy atom. The molecule has 0 saturated carbocycles. The van der Waals surface area contributed by atoms with Gasteiger partial charge in [-0.1, -0.05) is 0 Å². The molecule has 0 aliphatic rings. The lowest BCUT2D eigenvalue weighted by Gasteiger charge is -2.05. The zero-order valence-electron chi connectivity index (χ0n) is 10.4. The van der Waals surface area contributed by atoms with Crippen LogP contribution in [0.5, 0.6) is 0 Å². The lowest BCUT2D eigenvalue weighted by atomic mass is 10.00. The summed E-state index contributed by atoms with van der Waals surface area (Å²) in [5.41, 5.74) is -0.335. The summed E-state index contributed by atoms with van der Waals surface area (Å²) in [7, 11) is 0. The molecule has 104 valence electrons. The van der Waals surface area contributed by atoms with Crippen molar-refractivity contribution in [2.45, 2.75) is 0 Å². The smallest absolute Gasteiger partial charge is 0.335 e. The van der Waals surface area contributed by atoms with E-state index in [-0.39, 0.29) is 22.3 Å². The summed E-state index contributed by atoms with van der Waals surface area (Å²) in [6.07, 6.45) is 0. The van der Waals surface area contributed by atoms with Crippen molar-refractivity contribution in [2.24, 2.45) is 0 Å². The molecule has 1 N–H and O–H groups in total. The van der Waals surface area contributed by atoms with Crippen LogP contribution in [0.15, 0.2) is 36.4 Å². The van der Waals surface area contributed by atoms with Gasteiger partial charge in [-0.3, -0.25) is 10.1 Å². The lowest BCUT2D eigenvalue weighted by molar-refractivity contribution is -0.384. The third kappa shape index (κ3) is 3.01. The Labute approximate surface area is 117 Å². The van der Waals surface area contributed by atoms with Gasteiger partial charge in [0.2, 0.25) is 0 Å². The minimum absolute atomic E-state index is 0.0355. The number of rotatable bonds is 3. The SMILES string of the molecule is N#Cc1cc(F)cc(-c2cc(C(=O)O)cc([N+](=O)[O-])c2)c1. The van der Waals surface area contributed by atoms with Crippen LogP contribution < -0.4 is 0 Å². The maximum absolute atomic E-state index is 13.4. The number of non-ortho nitro benzene ring substituents is 1. The minimum Gasteiger partial charge on any atom is -0.478 e. The number of halogens is 1. The van der Waals surface area contributed by atoms with Crippen molar-refractivity contribution in [1.29, 1.82) is 5.26 Å². The van der Waals surface area contributed by atoms with Crippen molar-refractivity contribution in [1.82, 2.24) is 0 Å². The second kappa shape index (κ2) is 5.38. The number of hydrogen-bond acceptors (Lipinski definition) is 4. The van der Waals surface area contributed by atoms with E-state index in [1.165, 1.54) is 12.1 Å². The van der Waals surface area contributed by atoms with Crippen molar-refractivity contribution < 1.29 is 19.2 Å². The average molecular weight is 286 g/mol. The number of carboxylic acids is 1. The van der Waals surface area contributed by atoms with Gasteiger partial charge in [-0.05, 0) is 35.4 Å². The van der Waals surface area contributed by atoms with Gasteiger partial charge in [0.1, 0.15) is 5.82 Å². The zero-order chi connectivity index (χ0) is 15.6. The number of carboxylic acid groups (broad SMARTS) is 1. The predicted molar refractivity (Wildman–Crippen MR) is 70.2 cm³/mol. The highest BCUT2D eigenvalue weighted by Gasteiger charge is 2.15. The third-order valence-electron chi connectivity index (χ3n) is 2.74. The summed E-state index contributed by atoms with van der Waals surface area (Å²) < 4.78 is 13.4. The van der Waals surface area contributed by atoms with E-state index in [9.17, 15) is 19.3 Å². The molecule has 2 rings (SSSR count). The Morgan fingerprint density at radius 3 is 2.43 bits per heavy atom. The molecule has 0 fully saturated rings. The number of nitro groups is 1. The fourth-order valence-electron chi connectivity index (χ4n) is 1.83. The van der Waals surface area contributed by atoms with Crippen LogP contribution in [0, 0.1) is 27.3 Å². The van der Waals surface area contributed by atoms with Crippen LogP contribution in [-0.2, 0) is 0 Å². The summed E-state index contributed by atoms with van der Waals surface area (Å²) >= 11 is 0. The molecule has 2 aromatic rings. The Kier molecular flexibility index (Phi) is 3.63. The molecular formula is C14H7FN2O4. The molecule has 21 heavy (non-hydrogen) atoms. The van der Waals surface area contributed by atoms with Gasteiger partial charge in [-0.2, -0.15) is 5.26 Å². The van der Waals surface area contributed by atoms with Crippen molar-refractivity contribution in [3.05, 3.63) is 63.5 Å². The lowest BCUT2D eigenvalue weighted by Crippen LogP contribution is -1.99. The highest BCUT2D eigenvalue weighted by molar-refractivity contribution is 5.90. The molecule has 2 aromatic carbocycles. The molecule has 0 aromatic heterocycles. The van der Waals surface area contributed by atoms with Gasteiger partial charge >= 0.3 is 5.97 Å². The summed E-state index contributed by atoms with van der Waals surface area (Å²) in [4.78, 5) is 21.1. The number of hydrogen-bond donors (Lipinski definition) is 1. The van der Waals surface area contributed by atoms with Crippen LogP contribution in [0.1, 0.15) is 15.9 Å². The molecule has 0 atom stereocenters. The third-order valence-corrected chi connectivity index (χ3v) is 2.74.